The summed E-state index contributed by atoms with van der Waals surface area (Å²) in [6.45, 7) is 7.05. The van der Waals surface area contributed by atoms with Crippen molar-refractivity contribution >= 4 is 28.5 Å². The van der Waals surface area contributed by atoms with Crippen LogP contribution in [0.25, 0.3) is 27.4 Å². The van der Waals surface area contributed by atoms with Crippen LogP contribution in [0.5, 0.6) is 11.5 Å². The van der Waals surface area contributed by atoms with E-state index in [2.05, 4.69) is 19.8 Å². The maximum absolute atomic E-state index is 7.05. The SMILES string of the molecule is [C-]#[N+]c1cnc2nc(-c3ccc(Oc4ccc(Cl)cc4)cc3)[nH]c2c1. The first kappa shape index (κ1) is 15.2. The van der Waals surface area contributed by atoms with Crippen molar-refractivity contribution in [2.24, 2.45) is 0 Å². The van der Waals surface area contributed by atoms with Gasteiger partial charge in [-0.05, 0) is 54.6 Å². The molecule has 0 fully saturated rings. The van der Waals surface area contributed by atoms with E-state index in [1.54, 1.807) is 18.2 Å². The summed E-state index contributed by atoms with van der Waals surface area (Å²) in [6.07, 6.45) is 1.52. The van der Waals surface area contributed by atoms with Crippen LogP contribution in [0, 0.1) is 6.57 Å². The number of hydrogen-bond donors (Lipinski definition) is 1. The number of benzene rings is 2. The fourth-order valence-electron chi connectivity index (χ4n) is 2.41. The quantitative estimate of drug-likeness (QED) is 0.490. The second-order valence-electron chi connectivity index (χ2n) is 5.34. The second-order valence-corrected chi connectivity index (χ2v) is 5.78. The number of H-pyrrole nitrogens is 1. The lowest BCUT2D eigenvalue weighted by molar-refractivity contribution is 0.483. The summed E-state index contributed by atoms with van der Waals surface area (Å²) in [5.41, 5.74) is 2.72. The number of aromatic amines is 1. The molecule has 4 rings (SSSR count). The zero-order valence-corrected chi connectivity index (χ0v) is 13.7. The summed E-state index contributed by atoms with van der Waals surface area (Å²) in [6, 6.07) is 16.5. The summed E-state index contributed by atoms with van der Waals surface area (Å²) in [7, 11) is 0. The smallest absolute Gasteiger partial charge is 0.207 e. The fraction of sp³-hybridized carbons (Fsp3) is 0. The molecule has 0 aliphatic heterocycles. The summed E-state index contributed by atoms with van der Waals surface area (Å²) in [4.78, 5) is 15.2. The van der Waals surface area contributed by atoms with E-state index in [0.29, 0.717) is 22.2 Å². The van der Waals surface area contributed by atoms with Gasteiger partial charge in [-0.3, -0.25) is 0 Å². The Bertz CT molecular complexity index is 1080. The average Bonchev–Trinajstić information content (AvgIpc) is 3.07. The van der Waals surface area contributed by atoms with Crippen molar-refractivity contribution in [3.8, 4) is 22.9 Å². The Morgan fingerprint density at radius 1 is 1.00 bits per heavy atom. The number of imidazole rings is 1. The number of hydrogen-bond acceptors (Lipinski definition) is 3. The highest BCUT2D eigenvalue weighted by atomic mass is 35.5. The van der Waals surface area contributed by atoms with Gasteiger partial charge in [0.25, 0.3) is 0 Å². The monoisotopic (exact) mass is 346 g/mol. The van der Waals surface area contributed by atoms with Crippen LogP contribution in [-0.2, 0) is 0 Å². The van der Waals surface area contributed by atoms with E-state index in [0.717, 1.165) is 22.6 Å². The van der Waals surface area contributed by atoms with Crippen molar-refractivity contribution < 1.29 is 4.74 Å². The third-order valence-corrected chi connectivity index (χ3v) is 3.88. The molecule has 0 radical (unpaired) electrons. The van der Waals surface area contributed by atoms with E-state index >= 15 is 0 Å². The molecule has 25 heavy (non-hydrogen) atoms. The molecule has 0 atom stereocenters. The largest absolute Gasteiger partial charge is 0.457 e. The van der Waals surface area contributed by atoms with Gasteiger partial charge in [0.15, 0.2) is 5.65 Å². The van der Waals surface area contributed by atoms with Gasteiger partial charge >= 0.3 is 0 Å². The van der Waals surface area contributed by atoms with Gasteiger partial charge in [-0.15, -0.1) is 0 Å². The Balaban J connectivity index is 1.59. The molecule has 2 aromatic carbocycles. The molecule has 1 N–H and O–H groups in total. The van der Waals surface area contributed by atoms with Gasteiger partial charge in [-0.1, -0.05) is 11.6 Å². The molecule has 0 unspecified atom stereocenters. The Morgan fingerprint density at radius 2 is 1.68 bits per heavy atom. The first-order chi connectivity index (χ1) is 12.2. The molecule has 0 aliphatic carbocycles. The lowest BCUT2D eigenvalue weighted by atomic mass is 10.2. The molecule has 0 aliphatic rings. The molecule has 0 spiro atoms. The molecule has 0 saturated carbocycles. The molecule has 120 valence electrons. The summed E-state index contributed by atoms with van der Waals surface area (Å²) in [5.74, 6) is 2.13. The fourth-order valence-corrected chi connectivity index (χ4v) is 2.53. The number of pyridine rings is 1. The number of nitrogens with zero attached hydrogens (tertiary/aromatic N) is 3. The van der Waals surface area contributed by atoms with Crippen LogP contribution in [0.2, 0.25) is 5.02 Å². The average molecular weight is 347 g/mol. The van der Waals surface area contributed by atoms with Crippen molar-refractivity contribution in [1.82, 2.24) is 15.0 Å². The Morgan fingerprint density at radius 3 is 2.36 bits per heavy atom. The molecule has 2 aromatic heterocycles. The molecule has 2 heterocycles. The van der Waals surface area contributed by atoms with Crippen molar-refractivity contribution in [3.63, 3.8) is 0 Å². The minimum atomic E-state index is 0.481. The number of halogens is 1. The lowest BCUT2D eigenvalue weighted by Gasteiger charge is -2.06. The van der Waals surface area contributed by atoms with E-state index in [-0.39, 0.29) is 0 Å². The van der Waals surface area contributed by atoms with Crippen molar-refractivity contribution in [2.75, 3.05) is 0 Å². The normalized spacial score (nSPS) is 10.6. The van der Waals surface area contributed by atoms with Gasteiger partial charge in [0.1, 0.15) is 17.3 Å². The minimum Gasteiger partial charge on any atom is -0.457 e. The van der Waals surface area contributed by atoms with E-state index < -0.39 is 0 Å². The maximum atomic E-state index is 7.05. The zero-order chi connectivity index (χ0) is 17.2. The third kappa shape index (κ3) is 3.16. The number of rotatable bonds is 3. The maximum Gasteiger partial charge on any atom is 0.207 e. The highest BCUT2D eigenvalue weighted by molar-refractivity contribution is 6.30. The topological polar surface area (TPSA) is 55.2 Å². The first-order valence-electron chi connectivity index (χ1n) is 7.48. The van der Waals surface area contributed by atoms with Gasteiger partial charge in [0.05, 0.1) is 12.1 Å². The highest BCUT2D eigenvalue weighted by Gasteiger charge is 2.07. The molecule has 0 bridgehead atoms. The van der Waals surface area contributed by atoms with Crippen LogP contribution in [-0.4, -0.2) is 15.0 Å². The summed E-state index contributed by atoms with van der Waals surface area (Å²) < 4.78 is 5.78. The first-order valence-corrected chi connectivity index (χ1v) is 7.86. The number of ether oxygens (including phenoxy) is 1. The van der Waals surface area contributed by atoms with Crippen LogP contribution >= 0.6 is 11.6 Å². The molecular weight excluding hydrogens is 336 g/mol. The minimum absolute atomic E-state index is 0.481. The van der Waals surface area contributed by atoms with E-state index in [1.807, 2.05) is 36.4 Å². The van der Waals surface area contributed by atoms with E-state index in [1.165, 1.54) is 6.20 Å². The number of fused-ring (bicyclic) bond motifs is 1. The van der Waals surface area contributed by atoms with Crippen LogP contribution in [0.1, 0.15) is 0 Å². The molecule has 0 amide bonds. The van der Waals surface area contributed by atoms with Crippen molar-refractivity contribution in [3.05, 3.63) is 77.2 Å². The summed E-state index contributed by atoms with van der Waals surface area (Å²) in [5, 5.41) is 0.669. The molecular formula is C19H11ClN4O. The summed E-state index contributed by atoms with van der Waals surface area (Å²) >= 11 is 5.87. The second kappa shape index (κ2) is 6.27. The van der Waals surface area contributed by atoms with Gasteiger partial charge in [-0.25, -0.2) is 14.8 Å². The predicted octanol–water partition coefficient (Wildman–Crippen LogP) is 5.62. The van der Waals surface area contributed by atoms with Crippen LogP contribution in [0.4, 0.5) is 5.69 Å². The third-order valence-electron chi connectivity index (χ3n) is 3.63. The zero-order valence-electron chi connectivity index (χ0n) is 12.9. The highest BCUT2D eigenvalue weighted by Crippen LogP contribution is 2.27. The van der Waals surface area contributed by atoms with Crippen LogP contribution in [0.15, 0.2) is 60.8 Å². The van der Waals surface area contributed by atoms with Gasteiger partial charge in [-0.2, -0.15) is 0 Å². The van der Waals surface area contributed by atoms with Gasteiger partial charge < -0.3 is 9.72 Å². The van der Waals surface area contributed by atoms with Crippen LogP contribution < -0.4 is 4.74 Å². The predicted molar refractivity (Wildman–Crippen MR) is 97.1 cm³/mol. The van der Waals surface area contributed by atoms with Crippen molar-refractivity contribution in [2.45, 2.75) is 0 Å². The lowest BCUT2D eigenvalue weighted by Crippen LogP contribution is -1.85. The molecule has 6 heteroatoms. The van der Waals surface area contributed by atoms with Crippen LogP contribution in [0.3, 0.4) is 0 Å². The van der Waals surface area contributed by atoms with E-state index in [4.69, 9.17) is 22.9 Å². The number of nitrogens with one attached hydrogen (secondary N) is 1. The molecule has 0 saturated heterocycles. The Kier molecular flexibility index (Phi) is 3.81. The Hall–Kier alpha value is -3.36. The van der Waals surface area contributed by atoms with Crippen molar-refractivity contribution in [1.29, 1.82) is 0 Å². The van der Waals surface area contributed by atoms with Gasteiger partial charge in [0.2, 0.25) is 5.69 Å². The number of aromatic nitrogens is 3. The van der Waals surface area contributed by atoms with E-state index in [9.17, 15) is 0 Å². The Labute approximate surface area is 148 Å². The molecule has 4 aromatic rings. The van der Waals surface area contributed by atoms with Gasteiger partial charge in [0, 0.05) is 16.8 Å². The molecule has 5 nitrogen and oxygen atoms in total. The standard InChI is InChI=1S/C19H11ClN4O/c1-21-14-10-17-19(22-11-14)24-18(23-17)12-2-6-15(7-3-12)25-16-8-4-13(20)5-9-16/h2-11H,(H,22,23,24).